The highest BCUT2D eigenvalue weighted by atomic mass is 32.2. The Morgan fingerprint density at radius 2 is 1.76 bits per heavy atom. The van der Waals surface area contributed by atoms with Crippen molar-refractivity contribution in [2.45, 2.75) is 63.8 Å². The Kier molecular flexibility index (Phi) is 8.28. The molecule has 2 fully saturated rings. The fourth-order valence-corrected chi connectivity index (χ4v) is 6.98. The second-order valence-corrected chi connectivity index (χ2v) is 12.5. The fourth-order valence-electron chi connectivity index (χ4n) is 6.35. The summed E-state index contributed by atoms with van der Waals surface area (Å²) in [7, 11) is 0.668. The van der Waals surface area contributed by atoms with Gasteiger partial charge in [-0.3, -0.25) is 8.98 Å². The molecule has 0 aromatic heterocycles. The van der Waals surface area contributed by atoms with Crippen LogP contribution >= 0.6 is 0 Å². The minimum atomic E-state index is -3.93. The molecule has 10 nitrogen and oxygen atoms in total. The first-order chi connectivity index (χ1) is 17.9. The van der Waals surface area contributed by atoms with Crippen LogP contribution in [0, 0.1) is 17.3 Å². The smallest absolute Gasteiger partial charge is 0.312 e. The number of ether oxygens (including phenoxy) is 6. The highest BCUT2D eigenvalue weighted by Gasteiger charge is 2.77. The van der Waals surface area contributed by atoms with Crippen LogP contribution in [0.3, 0.4) is 0 Å². The lowest BCUT2D eigenvalue weighted by atomic mass is 9.47. The Labute approximate surface area is 224 Å². The summed E-state index contributed by atoms with van der Waals surface area (Å²) in [5, 5.41) is 0. The number of hydrogen-bond donors (Lipinski definition) is 0. The molecule has 212 valence electrons. The predicted octanol–water partition coefficient (Wildman–Crippen LogP) is 2.85. The van der Waals surface area contributed by atoms with Crippen molar-refractivity contribution in [2.24, 2.45) is 17.3 Å². The van der Waals surface area contributed by atoms with Gasteiger partial charge in [-0.15, -0.1) is 0 Å². The van der Waals surface area contributed by atoms with Gasteiger partial charge in [0.2, 0.25) is 0 Å². The summed E-state index contributed by atoms with van der Waals surface area (Å²) in [6, 6.07) is 7.36. The molecule has 0 N–H and O–H groups in total. The average molecular weight is 555 g/mol. The summed E-state index contributed by atoms with van der Waals surface area (Å²) in [4.78, 5) is 13.6. The lowest BCUT2D eigenvalue weighted by molar-refractivity contribution is -0.266. The highest BCUT2D eigenvalue weighted by Crippen LogP contribution is 2.67. The van der Waals surface area contributed by atoms with Crippen LogP contribution in [0.15, 0.2) is 35.9 Å². The number of hydrogen-bond acceptors (Lipinski definition) is 10. The second-order valence-electron chi connectivity index (χ2n) is 10.9. The summed E-state index contributed by atoms with van der Waals surface area (Å²) in [5.41, 5.74) is -0.298. The van der Waals surface area contributed by atoms with Gasteiger partial charge < -0.3 is 28.4 Å². The van der Waals surface area contributed by atoms with Gasteiger partial charge in [-0.05, 0) is 36.6 Å². The van der Waals surface area contributed by atoms with Crippen LogP contribution in [0.4, 0.5) is 0 Å². The third kappa shape index (κ3) is 5.12. The first-order valence-corrected chi connectivity index (χ1v) is 14.4. The molecule has 0 radical (unpaired) electrons. The number of carbonyl (C=O) groups excluding carboxylic acids is 1. The van der Waals surface area contributed by atoms with Gasteiger partial charge in [0.1, 0.15) is 42.6 Å². The van der Waals surface area contributed by atoms with Crippen LogP contribution in [-0.4, -0.2) is 78.8 Å². The molecule has 4 rings (SSSR count). The Hall–Kier alpha value is -2.02. The van der Waals surface area contributed by atoms with E-state index < -0.39 is 57.4 Å². The maximum Gasteiger partial charge on any atom is 0.312 e. The minimum Gasteiger partial charge on any atom is -0.497 e. The third-order valence-electron chi connectivity index (χ3n) is 8.08. The summed E-state index contributed by atoms with van der Waals surface area (Å²) >= 11 is 0. The molecule has 0 amide bonds. The summed E-state index contributed by atoms with van der Waals surface area (Å²) in [6.45, 7) is 5.84. The van der Waals surface area contributed by atoms with Gasteiger partial charge in [0, 0.05) is 25.6 Å². The lowest BCUT2D eigenvalue weighted by Crippen LogP contribution is -2.71. The zero-order valence-corrected chi connectivity index (χ0v) is 23.8. The number of methoxy groups -OCH3 is 3. The van der Waals surface area contributed by atoms with E-state index in [1.165, 1.54) is 14.2 Å². The van der Waals surface area contributed by atoms with E-state index in [4.69, 9.17) is 32.6 Å². The molecule has 0 unspecified atom stereocenters. The monoisotopic (exact) mass is 554 g/mol. The standard InChI is InChI=1S/C27H38O10S/c1-16-12-20(33-6)23(35-15-31-4)21-19-13-26(2,3)27(19,36-25(21)28)24(22(16)37-38(7,29)30)34-14-17-8-10-18(32-5)11-9-17/h8-12,19-24H,13-15H2,1-7H3/b16-12+/t19-,20-,21+,22-,23+,24+,27-/m1/s1. The van der Waals surface area contributed by atoms with E-state index >= 15 is 0 Å². The Bertz CT molecular complexity index is 1140. The number of esters is 1. The van der Waals surface area contributed by atoms with Crippen LogP contribution in [0.5, 0.6) is 5.75 Å². The maximum absolute atomic E-state index is 13.6. The highest BCUT2D eigenvalue weighted by molar-refractivity contribution is 7.86. The SMILES string of the molecule is COCO[C@@H]1[C@H]2C(=O)O[C@]3([C@@H]2CC3(C)C)[C@@H](OCc2ccc(OC)cc2)[C@H](OS(C)(=O)=O)/C(C)=C/[C@H]1OC. The molecule has 0 spiro atoms. The van der Waals surface area contributed by atoms with Crippen LogP contribution in [-0.2, 0) is 49.4 Å². The van der Waals surface area contributed by atoms with E-state index in [1.807, 2.05) is 38.1 Å². The molecule has 7 atom stereocenters. The largest absolute Gasteiger partial charge is 0.497 e. The number of carbonyl (C=O) groups is 1. The molecule has 11 heteroatoms. The number of benzene rings is 1. The quantitative estimate of drug-likeness (QED) is 0.185. The third-order valence-corrected chi connectivity index (χ3v) is 8.64. The van der Waals surface area contributed by atoms with Gasteiger partial charge in [-0.1, -0.05) is 32.1 Å². The van der Waals surface area contributed by atoms with Crippen LogP contribution in [0.1, 0.15) is 32.8 Å². The van der Waals surface area contributed by atoms with Crippen LogP contribution in [0.2, 0.25) is 0 Å². The van der Waals surface area contributed by atoms with Gasteiger partial charge in [-0.25, -0.2) is 0 Å². The van der Waals surface area contributed by atoms with E-state index in [9.17, 15) is 13.2 Å². The Balaban J connectivity index is 1.84. The average Bonchev–Trinajstić information content (AvgIpc) is 3.11. The number of rotatable bonds is 10. The van der Waals surface area contributed by atoms with E-state index in [0.29, 0.717) is 17.7 Å². The van der Waals surface area contributed by atoms with Gasteiger partial charge in [-0.2, -0.15) is 8.42 Å². The molecular formula is C27H38O10S. The summed E-state index contributed by atoms with van der Waals surface area (Å²) in [5.74, 6) is -0.730. The molecule has 1 saturated carbocycles. The molecule has 3 aliphatic rings. The van der Waals surface area contributed by atoms with Gasteiger partial charge >= 0.3 is 5.97 Å². The zero-order valence-electron chi connectivity index (χ0n) is 23.0. The van der Waals surface area contributed by atoms with Crippen molar-refractivity contribution in [2.75, 3.05) is 34.4 Å². The van der Waals surface area contributed by atoms with Crippen molar-refractivity contribution in [3.05, 3.63) is 41.5 Å². The molecule has 1 aromatic carbocycles. The Morgan fingerprint density at radius 1 is 1.08 bits per heavy atom. The van der Waals surface area contributed by atoms with E-state index in [1.54, 1.807) is 20.1 Å². The van der Waals surface area contributed by atoms with E-state index in [-0.39, 0.29) is 19.3 Å². The second kappa shape index (κ2) is 10.9. The molecule has 2 bridgehead atoms. The normalized spacial score (nSPS) is 35.6. The first kappa shape index (κ1) is 29.0. The molecule has 1 aliphatic heterocycles. The molecule has 2 aliphatic carbocycles. The zero-order chi connectivity index (χ0) is 27.9. The summed E-state index contributed by atoms with van der Waals surface area (Å²) < 4.78 is 65.7. The van der Waals surface area contributed by atoms with E-state index in [0.717, 1.165) is 11.8 Å². The molecular weight excluding hydrogens is 516 g/mol. The van der Waals surface area contributed by atoms with Gasteiger partial charge in [0.15, 0.2) is 0 Å². The topological polar surface area (TPSA) is 116 Å². The lowest BCUT2D eigenvalue weighted by Gasteiger charge is -2.61. The van der Waals surface area contributed by atoms with E-state index in [2.05, 4.69) is 0 Å². The molecule has 38 heavy (non-hydrogen) atoms. The Morgan fingerprint density at radius 3 is 2.32 bits per heavy atom. The van der Waals surface area contributed by atoms with Crippen molar-refractivity contribution in [1.29, 1.82) is 0 Å². The fraction of sp³-hybridized carbons (Fsp3) is 0.667. The van der Waals surface area contributed by atoms with Gasteiger partial charge in [0.25, 0.3) is 10.1 Å². The van der Waals surface area contributed by atoms with Crippen molar-refractivity contribution in [3.8, 4) is 5.75 Å². The van der Waals surface area contributed by atoms with Crippen molar-refractivity contribution in [1.82, 2.24) is 0 Å². The van der Waals surface area contributed by atoms with Gasteiger partial charge in [0.05, 0.1) is 25.9 Å². The minimum absolute atomic E-state index is 0.0506. The van der Waals surface area contributed by atoms with Crippen LogP contribution in [0.25, 0.3) is 0 Å². The van der Waals surface area contributed by atoms with Crippen molar-refractivity contribution < 1.29 is 45.8 Å². The van der Waals surface area contributed by atoms with Crippen LogP contribution < -0.4 is 4.74 Å². The van der Waals surface area contributed by atoms with Crippen molar-refractivity contribution in [3.63, 3.8) is 0 Å². The first-order valence-electron chi connectivity index (χ1n) is 12.6. The van der Waals surface area contributed by atoms with Crippen molar-refractivity contribution >= 4 is 16.1 Å². The molecule has 1 heterocycles. The molecule has 1 saturated heterocycles. The molecule has 1 aromatic rings. The predicted molar refractivity (Wildman–Crippen MR) is 137 cm³/mol. The maximum atomic E-state index is 13.6. The summed E-state index contributed by atoms with van der Waals surface area (Å²) in [6.07, 6.45) is -0.0297.